The Morgan fingerprint density at radius 2 is 2.06 bits per heavy atom. The molecule has 0 N–H and O–H groups in total. The standard InChI is InChI=1S/C11H10N4O3/c1-8(16)6-14-7-12-11(13-14)9-2-4-10(5-3-9)15(17)18/h2-5,7H,6H2,1H3. The number of nitrogens with zero attached hydrogens (tertiary/aromatic N) is 4. The number of hydrogen-bond donors (Lipinski definition) is 0. The van der Waals surface area contributed by atoms with E-state index in [0.717, 1.165) is 0 Å². The minimum Gasteiger partial charge on any atom is -0.298 e. The van der Waals surface area contributed by atoms with E-state index in [-0.39, 0.29) is 18.0 Å². The van der Waals surface area contributed by atoms with Gasteiger partial charge in [-0.25, -0.2) is 9.67 Å². The van der Waals surface area contributed by atoms with Crippen molar-refractivity contribution in [2.24, 2.45) is 0 Å². The first-order chi connectivity index (χ1) is 8.56. The fourth-order valence-corrected chi connectivity index (χ4v) is 1.46. The molecule has 2 rings (SSSR count). The van der Waals surface area contributed by atoms with Gasteiger partial charge in [0.2, 0.25) is 0 Å². The van der Waals surface area contributed by atoms with Gasteiger partial charge < -0.3 is 0 Å². The lowest BCUT2D eigenvalue weighted by atomic mass is 10.2. The van der Waals surface area contributed by atoms with E-state index in [4.69, 9.17) is 0 Å². The maximum Gasteiger partial charge on any atom is 0.269 e. The molecule has 0 fully saturated rings. The van der Waals surface area contributed by atoms with E-state index < -0.39 is 4.92 Å². The van der Waals surface area contributed by atoms with E-state index in [0.29, 0.717) is 11.4 Å². The summed E-state index contributed by atoms with van der Waals surface area (Å²) in [5, 5.41) is 14.6. The smallest absolute Gasteiger partial charge is 0.269 e. The average Bonchev–Trinajstić information content (AvgIpc) is 2.76. The average molecular weight is 246 g/mol. The van der Waals surface area contributed by atoms with Gasteiger partial charge in [-0.1, -0.05) is 0 Å². The molecule has 0 spiro atoms. The van der Waals surface area contributed by atoms with Gasteiger partial charge >= 0.3 is 0 Å². The van der Waals surface area contributed by atoms with Gasteiger partial charge in [-0.2, -0.15) is 5.10 Å². The lowest BCUT2D eigenvalue weighted by Gasteiger charge is -1.96. The molecule has 0 aliphatic rings. The van der Waals surface area contributed by atoms with Crippen molar-refractivity contribution in [3.8, 4) is 11.4 Å². The number of nitro groups is 1. The van der Waals surface area contributed by atoms with Crippen LogP contribution in [0.1, 0.15) is 6.92 Å². The van der Waals surface area contributed by atoms with Gasteiger partial charge in [0, 0.05) is 17.7 Å². The van der Waals surface area contributed by atoms with Crippen molar-refractivity contribution in [2.45, 2.75) is 13.5 Å². The van der Waals surface area contributed by atoms with Crippen molar-refractivity contribution in [3.05, 3.63) is 40.7 Å². The van der Waals surface area contributed by atoms with Crippen molar-refractivity contribution < 1.29 is 9.72 Å². The van der Waals surface area contributed by atoms with Crippen LogP contribution in [0, 0.1) is 10.1 Å². The number of carbonyl (C=O) groups is 1. The molecule has 1 aromatic carbocycles. The number of aromatic nitrogens is 3. The third-order valence-corrected chi connectivity index (χ3v) is 2.26. The number of ketones is 1. The molecule has 0 aliphatic heterocycles. The van der Waals surface area contributed by atoms with Crippen molar-refractivity contribution in [3.63, 3.8) is 0 Å². The second-order valence-electron chi connectivity index (χ2n) is 3.77. The Balaban J connectivity index is 2.23. The fraction of sp³-hybridized carbons (Fsp3) is 0.182. The summed E-state index contributed by atoms with van der Waals surface area (Å²) in [6.07, 6.45) is 1.46. The third-order valence-electron chi connectivity index (χ3n) is 2.26. The van der Waals surface area contributed by atoms with E-state index in [1.807, 2.05) is 0 Å². The number of benzene rings is 1. The summed E-state index contributed by atoms with van der Waals surface area (Å²) in [6.45, 7) is 1.63. The summed E-state index contributed by atoms with van der Waals surface area (Å²) in [5.41, 5.74) is 0.685. The molecule has 92 valence electrons. The zero-order valence-electron chi connectivity index (χ0n) is 9.61. The number of hydrogen-bond acceptors (Lipinski definition) is 5. The fourth-order valence-electron chi connectivity index (χ4n) is 1.46. The molecule has 0 aliphatic carbocycles. The highest BCUT2D eigenvalue weighted by Crippen LogP contribution is 2.18. The molecule has 0 saturated heterocycles. The Hall–Kier alpha value is -2.57. The van der Waals surface area contributed by atoms with E-state index in [9.17, 15) is 14.9 Å². The van der Waals surface area contributed by atoms with Crippen LogP contribution in [0.25, 0.3) is 11.4 Å². The molecule has 0 radical (unpaired) electrons. The lowest BCUT2D eigenvalue weighted by molar-refractivity contribution is -0.384. The predicted molar refractivity (Wildman–Crippen MR) is 62.8 cm³/mol. The second kappa shape index (κ2) is 4.74. The molecule has 1 heterocycles. The molecular formula is C11H10N4O3. The first-order valence-corrected chi connectivity index (χ1v) is 5.20. The van der Waals surface area contributed by atoms with Crippen LogP contribution in [0.4, 0.5) is 5.69 Å². The summed E-state index contributed by atoms with van der Waals surface area (Å²) in [7, 11) is 0. The van der Waals surface area contributed by atoms with E-state index in [1.54, 1.807) is 12.1 Å². The molecule has 0 atom stereocenters. The van der Waals surface area contributed by atoms with E-state index in [1.165, 1.54) is 30.1 Å². The quantitative estimate of drug-likeness (QED) is 0.601. The normalized spacial score (nSPS) is 10.3. The van der Waals surface area contributed by atoms with Crippen molar-refractivity contribution in [2.75, 3.05) is 0 Å². The highest BCUT2D eigenvalue weighted by molar-refractivity contribution is 5.75. The molecule has 0 saturated carbocycles. The van der Waals surface area contributed by atoms with Gasteiger partial charge in [0.15, 0.2) is 11.6 Å². The Kier molecular flexibility index (Phi) is 3.13. The summed E-state index contributed by atoms with van der Waals surface area (Å²) in [4.78, 5) is 25.0. The van der Waals surface area contributed by atoms with Crippen LogP contribution < -0.4 is 0 Å². The predicted octanol–water partition coefficient (Wildman–Crippen LogP) is 1.44. The molecule has 18 heavy (non-hydrogen) atoms. The summed E-state index contributed by atoms with van der Waals surface area (Å²) in [5.74, 6) is 0.418. The summed E-state index contributed by atoms with van der Waals surface area (Å²) < 4.78 is 1.43. The van der Waals surface area contributed by atoms with Gasteiger partial charge in [0.05, 0.1) is 4.92 Å². The second-order valence-corrected chi connectivity index (χ2v) is 3.77. The maximum absolute atomic E-state index is 10.9. The largest absolute Gasteiger partial charge is 0.298 e. The highest BCUT2D eigenvalue weighted by atomic mass is 16.6. The van der Waals surface area contributed by atoms with Crippen LogP contribution in [0.2, 0.25) is 0 Å². The molecule has 0 bridgehead atoms. The van der Waals surface area contributed by atoms with Crippen LogP contribution in [0.3, 0.4) is 0 Å². The molecule has 0 unspecified atom stereocenters. The van der Waals surface area contributed by atoms with Crippen molar-refractivity contribution in [1.82, 2.24) is 14.8 Å². The number of Topliss-reactive ketones (excluding diaryl/α,β-unsaturated/α-hetero) is 1. The zero-order chi connectivity index (χ0) is 13.1. The van der Waals surface area contributed by atoms with Crippen LogP contribution in [0.15, 0.2) is 30.6 Å². The van der Waals surface area contributed by atoms with Crippen LogP contribution >= 0.6 is 0 Å². The number of carbonyl (C=O) groups excluding carboxylic acids is 1. The minimum atomic E-state index is -0.467. The van der Waals surface area contributed by atoms with E-state index >= 15 is 0 Å². The van der Waals surface area contributed by atoms with Crippen LogP contribution in [-0.2, 0) is 11.3 Å². The highest BCUT2D eigenvalue weighted by Gasteiger charge is 2.08. The first kappa shape index (κ1) is 11.9. The SMILES string of the molecule is CC(=O)Cn1cnc(-c2ccc([N+](=O)[O-])cc2)n1. The van der Waals surface area contributed by atoms with Gasteiger partial charge in [-0.3, -0.25) is 14.9 Å². The Morgan fingerprint density at radius 3 is 2.61 bits per heavy atom. The van der Waals surface area contributed by atoms with Crippen molar-refractivity contribution >= 4 is 11.5 Å². The number of non-ortho nitro benzene ring substituents is 1. The summed E-state index contributed by atoms with van der Waals surface area (Å²) >= 11 is 0. The molecule has 1 aromatic heterocycles. The summed E-state index contributed by atoms with van der Waals surface area (Å²) in [6, 6.07) is 5.93. The number of nitro benzene ring substituents is 1. The Bertz CT molecular complexity index is 589. The zero-order valence-corrected chi connectivity index (χ0v) is 9.61. The van der Waals surface area contributed by atoms with Crippen LogP contribution in [0.5, 0.6) is 0 Å². The third kappa shape index (κ3) is 2.57. The lowest BCUT2D eigenvalue weighted by Crippen LogP contribution is -2.06. The molecule has 7 heteroatoms. The van der Waals surface area contributed by atoms with Gasteiger partial charge in [0.25, 0.3) is 5.69 Å². The van der Waals surface area contributed by atoms with E-state index in [2.05, 4.69) is 10.1 Å². The van der Waals surface area contributed by atoms with Gasteiger partial charge in [0.1, 0.15) is 12.9 Å². The van der Waals surface area contributed by atoms with Crippen molar-refractivity contribution in [1.29, 1.82) is 0 Å². The molecule has 7 nitrogen and oxygen atoms in total. The topological polar surface area (TPSA) is 90.9 Å². The molecule has 0 amide bonds. The molecular weight excluding hydrogens is 236 g/mol. The Labute approximate surface area is 102 Å². The van der Waals surface area contributed by atoms with Crippen LogP contribution in [-0.4, -0.2) is 25.5 Å². The van der Waals surface area contributed by atoms with Gasteiger partial charge in [-0.15, -0.1) is 0 Å². The first-order valence-electron chi connectivity index (χ1n) is 5.20. The monoisotopic (exact) mass is 246 g/mol. The Morgan fingerprint density at radius 1 is 1.39 bits per heavy atom. The van der Waals surface area contributed by atoms with Gasteiger partial charge in [-0.05, 0) is 19.1 Å². The molecule has 2 aromatic rings. The number of rotatable bonds is 4. The minimum absolute atomic E-state index is 0.0157. The maximum atomic E-state index is 10.9.